The van der Waals surface area contributed by atoms with Gasteiger partial charge in [-0.3, -0.25) is 4.90 Å². The van der Waals surface area contributed by atoms with Crippen LogP contribution in [-0.4, -0.2) is 84.5 Å². The van der Waals surface area contributed by atoms with Crippen molar-refractivity contribution in [3.8, 4) is 5.88 Å². The fraction of sp³-hybridized carbons (Fsp3) is 0.579. The number of piperazine rings is 1. The first-order valence-electron chi connectivity index (χ1n) is 9.46. The molecule has 0 saturated carbocycles. The molecule has 2 aliphatic rings. The molecule has 2 fully saturated rings. The molecule has 0 bridgehead atoms. The van der Waals surface area contributed by atoms with Gasteiger partial charge in [0.2, 0.25) is 5.88 Å². The Balaban J connectivity index is 1.44. The maximum atomic E-state index is 12.5. The Kier molecular flexibility index (Phi) is 5.56. The summed E-state index contributed by atoms with van der Waals surface area (Å²) in [6.45, 7) is 4.23. The number of hydrogen-bond donors (Lipinski definition) is 1. The standard InChI is InChI=1S/C19H24F2N4O3/c20-17(21)10-28-18-15-9-14(1-2-16(15)22-13-23-18)25-6-4-24(5-7-25)11-19(26)3-8-27-12-19/h1-2,9,13,17,26H,3-8,10-12H2. The van der Waals surface area contributed by atoms with Crippen LogP contribution in [0, 0.1) is 0 Å². The molecule has 1 aromatic carbocycles. The zero-order valence-corrected chi connectivity index (χ0v) is 15.6. The maximum absolute atomic E-state index is 12.5. The maximum Gasteiger partial charge on any atom is 0.272 e. The van der Waals surface area contributed by atoms with Crippen molar-refractivity contribution in [1.29, 1.82) is 0 Å². The number of fused-ring (bicyclic) bond motifs is 1. The average Bonchev–Trinajstić information content (AvgIpc) is 3.12. The van der Waals surface area contributed by atoms with Crippen molar-refractivity contribution in [3.05, 3.63) is 24.5 Å². The molecule has 1 N–H and O–H groups in total. The van der Waals surface area contributed by atoms with E-state index < -0.39 is 18.6 Å². The van der Waals surface area contributed by atoms with Gasteiger partial charge in [0, 0.05) is 51.4 Å². The fourth-order valence-electron chi connectivity index (χ4n) is 3.78. The van der Waals surface area contributed by atoms with Crippen molar-refractivity contribution >= 4 is 16.6 Å². The molecule has 2 saturated heterocycles. The van der Waals surface area contributed by atoms with Gasteiger partial charge in [-0.15, -0.1) is 0 Å². The summed E-state index contributed by atoms with van der Waals surface area (Å²) < 4.78 is 35.5. The Hall–Kier alpha value is -2.10. The molecule has 0 amide bonds. The quantitative estimate of drug-likeness (QED) is 0.797. The summed E-state index contributed by atoms with van der Waals surface area (Å²) in [7, 11) is 0. The van der Waals surface area contributed by atoms with E-state index in [1.54, 1.807) is 0 Å². The third kappa shape index (κ3) is 4.31. The second-order valence-electron chi connectivity index (χ2n) is 7.37. The summed E-state index contributed by atoms with van der Waals surface area (Å²) in [5, 5.41) is 11.1. The predicted molar refractivity (Wildman–Crippen MR) is 100 cm³/mol. The summed E-state index contributed by atoms with van der Waals surface area (Å²) >= 11 is 0. The number of alkyl halides is 2. The Bertz CT molecular complexity index is 809. The van der Waals surface area contributed by atoms with Crippen LogP contribution in [0.2, 0.25) is 0 Å². The number of ether oxygens (including phenoxy) is 2. The van der Waals surface area contributed by atoms with E-state index in [1.807, 2.05) is 18.2 Å². The third-order valence-electron chi connectivity index (χ3n) is 5.27. The van der Waals surface area contributed by atoms with Gasteiger partial charge in [-0.1, -0.05) is 0 Å². The zero-order chi connectivity index (χ0) is 19.6. The molecule has 0 radical (unpaired) electrons. The lowest BCUT2D eigenvalue weighted by Crippen LogP contribution is -2.52. The van der Waals surface area contributed by atoms with Crippen molar-refractivity contribution in [2.45, 2.75) is 18.4 Å². The minimum atomic E-state index is -2.55. The molecular formula is C19H24F2N4O3. The molecule has 2 aromatic rings. The summed E-state index contributed by atoms with van der Waals surface area (Å²) in [5.74, 6) is 0.175. The average molecular weight is 394 g/mol. The molecule has 1 aromatic heterocycles. The van der Waals surface area contributed by atoms with E-state index >= 15 is 0 Å². The van der Waals surface area contributed by atoms with Gasteiger partial charge < -0.3 is 19.5 Å². The van der Waals surface area contributed by atoms with Gasteiger partial charge in [-0.2, -0.15) is 0 Å². The molecule has 9 heteroatoms. The SMILES string of the molecule is OC1(CN2CCN(c3ccc4ncnc(OCC(F)F)c4c3)CC2)CCOC1. The first-order chi connectivity index (χ1) is 13.5. The first kappa shape index (κ1) is 19.2. The molecule has 152 valence electrons. The number of aliphatic hydroxyl groups is 1. The van der Waals surface area contributed by atoms with Gasteiger partial charge >= 0.3 is 0 Å². The number of benzene rings is 1. The van der Waals surface area contributed by atoms with Crippen LogP contribution in [0.1, 0.15) is 6.42 Å². The summed E-state index contributed by atoms with van der Waals surface area (Å²) in [5.41, 5.74) is 0.899. The van der Waals surface area contributed by atoms with Crippen LogP contribution < -0.4 is 9.64 Å². The number of nitrogens with zero attached hydrogens (tertiary/aromatic N) is 4. The van der Waals surface area contributed by atoms with E-state index in [4.69, 9.17) is 9.47 Å². The number of halogens is 2. The Morgan fingerprint density at radius 1 is 1.21 bits per heavy atom. The van der Waals surface area contributed by atoms with E-state index in [9.17, 15) is 13.9 Å². The highest BCUT2D eigenvalue weighted by molar-refractivity contribution is 5.86. The van der Waals surface area contributed by atoms with Gasteiger partial charge in [0.25, 0.3) is 6.43 Å². The van der Waals surface area contributed by atoms with E-state index in [1.165, 1.54) is 6.33 Å². The highest BCUT2D eigenvalue weighted by atomic mass is 19.3. The molecule has 0 aliphatic carbocycles. The molecular weight excluding hydrogens is 370 g/mol. The fourth-order valence-corrected chi connectivity index (χ4v) is 3.78. The topological polar surface area (TPSA) is 71.0 Å². The summed E-state index contributed by atoms with van der Waals surface area (Å²) in [6, 6.07) is 5.72. The monoisotopic (exact) mass is 394 g/mol. The number of hydrogen-bond acceptors (Lipinski definition) is 7. The first-order valence-corrected chi connectivity index (χ1v) is 9.46. The Morgan fingerprint density at radius 2 is 2.04 bits per heavy atom. The van der Waals surface area contributed by atoms with E-state index in [0.717, 1.165) is 31.9 Å². The van der Waals surface area contributed by atoms with Gasteiger partial charge in [0.15, 0.2) is 6.61 Å². The van der Waals surface area contributed by atoms with Crippen LogP contribution in [-0.2, 0) is 4.74 Å². The van der Waals surface area contributed by atoms with Gasteiger partial charge in [0.05, 0.1) is 17.5 Å². The molecule has 0 spiro atoms. The predicted octanol–water partition coefficient (Wildman–Crippen LogP) is 1.55. The van der Waals surface area contributed by atoms with Gasteiger partial charge in [0.1, 0.15) is 11.9 Å². The molecule has 7 nitrogen and oxygen atoms in total. The van der Waals surface area contributed by atoms with E-state index in [0.29, 0.717) is 37.1 Å². The van der Waals surface area contributed by atoms with Gasteiger partial charge in [-0.05, 0) is 18.2 Å². The van der Waals surface area contributed by atoms with Gasteiger partial charge in [-0.25, -0.2) is 18.7 Å². The number of rotatable bonds is 6. The lowest BCUT2D eigenvalue weighted by Gasteiger charge is -2.38. The number of β-amino-alcohol motifs (C(OH)–C–C–N with tert-alkyl or cyclic N) is 1. The molecule has 28 heavy (non-hydrogen) atoms. The van der Waals surface area contributed by atoms with Crippen molar-refractivity contribution in [2.75, 3.05) is 57.4 Å². The zero-order valence-electron chi connectivity index (χ0n) is 15.6. The Morgan fingerprint density at radius 3 is 2.75 bits per heavy atom. The second kappa shape index (κ2) is 8.10. The van der Waals surface area contributed by atoms with Crippen molar-refractivity contribution < 1.29 is 23.4 Å². The van der Waals surface area contributed by atoms with Crippen LogP contribution in [0.3, 0.4) is 0 Å². The minimum absolute atomic E-state index is 0.175. The smallest absolute Gasteiger partial charge is 0.272 e. The summed E-state index contributed by atoms with van der Waals surface area (Å²) in [4.78, 5) is 12.7. The normalized spacial score (nSPS) is 23.6. The number of anilines is 1. The van der Waals surface area contributed by atoms with Crippen LogP contribution in [0.25, 0.3) is 10.9 Å². The van der Waals surface area contributed by atoms with Crippen molar-refractivity contribution in [3.63, 3.8) is 0 Å². The van der Waals surface area contributed by atoms with Crippen LogP contribution in [0.15, 0.2) is 24.5 Å². The molecule has 1 unspecified atom stereocenters. The van der Waals surface area contributed by atoms with E-state index in [2.05, 4.69) is 19.8 Å². The van der Waals surface area contributed by atoms with Crippen molar-refractivity contribution in [1.82, 2.24) is 14.9 Å². The molecule has 1 atom stereocenters. The van der Waals surface area contributed by atoms with Crippen LogP contribution >= 0.6 is 0 Å². The lowest BCUT2D eigenvalue weighted by molar-refractivity contribution is -0.00557. The largest absolute Gasteiger partial charge is 0.471 e. The Labute approximate surface area is 161 Å². The third-order valence-corrected chi connectivity index (χ3v) is 5.27. The van der Waals surface area contributed by atoms with Crippen LogP contribution in [0.5, 0.6) is 5.88 Å². The highest BCUT2D eigenvalue weighted by Crippen LogP contribution is 2.28. The van der Waals surface area contributed by atoms with E-state index in [-0.39, 0.29) is 5.88 Å². The lowest BCUT2D eigenvalue weighted by atomic mass is 10.0. The molecule has 3 heterocycles. The second-order valence-corrected chi connectivity index (χ2v) is 7.37. The highest BCUT2D eigenvalue weighted by Gasteiger charge is 2.35. The molecule has 2 aliphatic heterocycles. The number of aromatic nitrogens is 2. The molecule has 4 rings (SSSR count). The van der Waals surface area contributed by atoms with Crippen molar-refractivity contribution in [2.24, 2.45) is 0 Å². The summed E-state index contributed by atoms with van der Waals surface area (Å²) in [6.07, 6.45) is -0.556. The van der Waals surface area contributed by atoms with Crippen LogP contribution in [0.4, 0.5) is 14.5 Å². The minimum Gasteiger partial charge on any atom is -0.471 e.